The van der Waals surface area contributed by atoms with Crippen LogP contribution < -0.4 is 9.80 Å². The fourth-order valence-corrected chi connectivity index (χ4v) is 6.06. The van der Waals surface area contributed by atoms with Crippen molar-refractivity contribution < 1.29 is 10.2 Å². The Bertz CT molecular complexity index is 2010. The Labute approximate surface area is 306 Å². The SMILES string of the molecule is Cc1ccc(N(c2ccc(O)cc2)c2ccc(C=Cc3ccc(C=Cc4ccc(N(c5ccc(C)cc5)c5ccc(O)cc5)cc4)cc3)cc2)cc1. The largest absolute Gasteiger partial charge is 0.508 e. The zero-order valence-corrected chi connectivity index (χ0v) is 29.3. The third-order valence-electron chi connectivity index (χ3n) is 8.98. The molecule has 4 heteroatoms. The third-order valence-corrected chi connectivity index (χ3v) is 8.98. The summed E-state index contributed by atoms with van der Waals surface area (Å²) in [6.07, 6.45) is 8.52. The molecule has 52 heavy (non-hydrogen) atoms. The molecule has 0 fully saturated rings. The van der Waals surface area contributed by atoms with E-state index in [1.54, 1.807) is 24.3 Å². The second-order valence-corrected chi connectivity index (χ2v) is 12.9. The summed E-state index contributed by atoms with van der Waals surface area (Å²) in [5.74, 6) is 0.494. The fraction of sp³-hybridized carbons (Fsp3) is 0.0417. The quantitative estimate of drug-likeness (QED) is 0.142. The molecule has 0 radical (unpaired) electrons. The summed E-state index contributed by atoms with van der Waals surface area (Å²) in [7, 11) is 0. The number of hydrogen-bond acceptors (Lipinski definition) is 4. The van der Waals surface area contributed by atoms with Crippen LogP contribution in [0.3, 0.4) is 0 Å². The number of anilines is 6. The van der Waals surface area contributed by atoms with E-state index in [0.717, 1.165) is 56.4 Å². The molecule has 4 nitrogen and oxygen atoms in total. The van der Waals surface area contributed by atoms with Gasteiger partial charge in [-0.2, -0.15) is 0 Å². The number of phenolic OH excluding ortho intramolecular Hbond substituents is 2. The van der Waals surface area contributed by atoms with Crippen molar-refractivity contribution in [1.29, 1.82) is 0 Å². The first-order valence-corrected chi connectivity index (χ1v) is 17.4. The summed E-state index contributed by atoms with van der Waals surface area (Å²) >= 11 is 0. The molecule has 0 heterocycles. The maximum absolute atomic E-state index is 9.85. The van der Waals surface area contributed by atoms with E-state index >= 15 is 0 Å². The number of phenols is 2. The van der Waals surface area contributed by atoms with E-state index in [9.17, 15) is 10.2 Å². The van der Waals surface area contributed by atoms with Gasteiger partial charge >= 0.3 is 0 Å². The summed E-state index contributed by atoms with van der Waals surface area (Å²) in [6.45, 7) is 4.17. The number of hydrogen-bond donors (Lipinski definition) is 2. The van der Waals surface area contributed by atoms with Gasteiger partial charge in [-0.1, -0.05) is 108 Å². The Balaban J connectivity index is 1.02. The van der Waals surface area contributed by atoms with Crippen molar-refractivity contribution >= 4 is 58.4 Å². The van der Waals surface area contributed by atoms with Crippen molar-refractivity contribution in [1.82, 2.24) is 0 Å². The minimum Gasteiger partial charge on any atom is -0.508 e. The highest BCUT2D eigenvalue weighted by molar-refractivity contribution is 5.80. The number of benzene rings is 7. The Morgan fingerprint density at radius 3 is 0.731 bits per heavy atom. The molecule has 0 spiro atoms. The van der Waals surface area contributed by atoms with E-state index in [4.69, 9.17) is 0 Å². The van der Waals surface area contributed by atoms with Crippen molar-refractivity contribution in [3.63, 3.8) is 0 Å². The number of nitrogens with zero attached hydrogens (tertiary/aromatic N) is 2. The average Bonchev–Trinajstić information content (AvgIpc) is 3.18. The highest BCUT2D eigenvalue weighted by Gasteiger charge is 2.14. The van der Waals surface area contributed by atoms with Crippen LogP contribution in [-0.4, -0.2) is 10.2 Å². The first-order chi connectivity index (χ1) is 25.4. The van der Waals surface area contributed by atoms with E-state index in [1.807, 2.05) is 24.3 Å². The first-order valence-electron chi connectivity index (χ1n) is 17.4. The van der Waals surface area contributed by atoms with Gasteiger partial charge in [0.05, 0.1) is 0 Å². The van der Waals surface area contributed by atoms with E-state index in [-0.39, 0.29) is 11.5 Å². The maximum atomic E-state index is 9.85. The van der Waals surface area contributed by atoms with Crippen molar-refractivity contribution in [3.05, 3.63) is 203 Å². The van der Waals surface area contributed by atoms with Crippen LogP contribution in [0.1, 0.15) is 33.4 Å². The highest BCUT2D eigenvalue weighted by Crippen LogP contribution is 2.37. The standard InChI is InChI=1S/C48H40N2O2/c1-35-3-19-41(20-4-35)49(45-27-31-47(51)32-28-45)43-23-15-39(16-24-43)13-11-37-7-9-38(10-8-37)12-14-40-17-25-44(26-18-40)50(42-21-5-36(2)6-22-42)46-29-33-48(52)34-30-46/h3-34,51-52H,1-2H3. The van der Waals surface area contributed by atoms with Gasteiger partial charge in [0, 0.05) is 34.1 Å². The van der Waals surface area contributed by atoms with Gasteiger partial charge in [0.1, 0.15) is 11.5 Å². The van der Waals surface area contributed by atoms with E-state index in [1.165, 1.54) is 11.1 Å². The summed E-state index contributed by atoms with van der Waals surface area (Å²) in [6, 6.07) is 57.0. The molecule has 254 valence electrons. The topological polar surface area (TPSA) is 46.9 Å². The molecule has 0 aliphatic carbocycles. The van der Waals surface area contributed by atoms with Crippen LogP contribution >= 0.6 is 0 Å². The summed E-state index contributed by atoms with van der Waals surface area (Å²) in [4.78, 5) is 4.37. The van der Waals surface area contributed by atoms with Gasteiger partial charge in [-0.3, -0.25) is 0 Å². The molecular formula is C48H40N2O2. The van der Waals surface area contributed by atoms with Crippen LogP contribution in [0.4, 0.5) is 34.1 Å². The highest BCUT2D eigenvalue weighted by atomic mass is 16.3. The monoisotopic (exact) mass is 676 g/mol. The number of aryl methyl sites for hydroxylation is 2. The third kappa shape index (κ3) is 8.15. The lowest BCUT2D eigenvalue weighted by Gasteiger charge is -2.25. The van der Waals surface area contributed by atoms with Crippen LogP contribution in [-0.2, 0) is 0 Å². The van der Waals surface area contributed by atoms with Gasteiger partial charge in [-0.25, -0.2) is 0 Å². The summed E-state index contributed by atoms with van der Waals surface area (Å²) in [5.41, 5.74) is 13.0. The molecule has 0 atom stereocenters. The molecule has 0 aliphatic rings. The van der Waals surface area contributed by atoms with Crippen LogP contribution in [0.2, 0.25) is 0 Å². The molecule has 7 aromatic carbocycles. The summed E-state index contributed by atoms with van der Waals surface area (Å²) in [5, 5.41) is 19.7. The zero-order chi connectivity index (χ0) is 35.9. The molecular weight excluding hydrogens is 637 g/mol. The molecule has 2 N–H and O–H groups in total. The lowest BCUT2D eigenvalue weighted by atomic mass is 10.1. The Kier molecular flexibility index (Phi) is 9.99. The van der Waals surface area contributed by atoms with Crippen molar-refractivity contribution in [2.24, 2.45) is 0 Å². The minimum absolute atomic E-state index is 0.247. The van der Waals surface area contributed by atoms with Crippen molar-refractivity contribution in [2.75, 3.05) is 9.80 Å². The van der Waals surface area contributed by atoms with Gasteiger partial charge in [0.25, 0.3) is 0 Å². The first kappa shape index (κ1) is 33.7. The van der Waals surface area contributed by atoms with E-state index in [0.29, 0.717) is 0 Å². The maximum Gasteiger partial charge on any atom is 0.115 e. The van der Waals surface area contributed by atoms with Crippen LogP contribution in [0, 0.1) is 13.8 Å². The Morgan fingerprint density at radius 2 is 0.481 bits per heavy atom. The smallest absolute Gasteiger partial charge is 0.115 e. The van der Waals surface area contributed by atoms with Gasteiger partial charge < -0.3 is 20.0 Å². The Hall–Kier alpha value is -6.78. The van der Waals surface area contributed by atoms with Crippen molar-refractivity contribution in [3.8, 4) is 11.5 Å². The average molecular weight is 677 g/mol. The molecule has 0 aromatic heterocycles. The molecule has 0 saturated heterocycles. The molecule has 0 amide bonds. The van der Waals surface area contributed by atoms with Gasteiger partial charge in [0.15, 0.2) is 0 Å². The van der Waals surface area contributed by atoms with E-state index < -0.39 is 0 Å². The molecule has 0 saturated carbocycles. The summed E-state index contributed by atoms with van der Waals surface area (Å²) < 4.78 is 0. The van der Waals surface area contributed by atoms with Crippen LogP contribution in [0.25, 0.3) is 24.3 Å². The normalized spacial score (nSPS) is 11.3. The number of aromatic hydroxyl groups is 2. The van der Waals surface area contributed by atoms with Gasteiger partial charge in [0.2, 0.25) is 0 Å². The molecule has 0 aliphatic heterocycles. The molecule has 7 aromatic rings. The van der Waals surface area contributed by atoms with E-state index in [2.05, 4.69) is 169 Å². The number of rotatable bonds is 10. The molecule has 7 rings (SSSR count). The van der Waals surface area contributed by atoms with Gasteiger partial charge in [-0.15, -0.1) is 0 Å². The minimum atomic E-state index is 0.247. The fourth-order valence-electron chi connectivity index (χ4n) is 6.06. The predicted octanol–water partition coefficient (Wildman–Crippen LogP) is 13.0. The van der Waals surface area contributed by atoms with Crippen LogP contribution in [0.5, 0.6) is 11.5 Å². The molecule has 0 unspecified atom stereocenters. The van der Waals surface area contributed by atoms with Gasteiger partial charge in [-0.05, 0) is 133 Å². The lowest BCUT2D eigenvalue weighted by Crippen LogP contribution is -2.09. The Morgan fingerprint density at radius 1 is 0.288 bits per heavy atom. The predicted molar refractivity (Wildman–Crippen MR) is 219 cm³/mol. The second-order valence-electron chi connectivity index (χ2n) is 12.9. The molecule has 0 bridgehead atoms. The zero-order valence-electron chi connectivity index (χ0n) is 29.3. The van der Waals surface area contributed by atoms with Crippen molar-refractivity contribution in [2.45, 2.75) is 13.8 Å². The second kappa shape index (κ2) is 15.4. The van der Waals surface area contributed by atoms with Crippen LogP contribution in [0.15, 0.2) is 170 Å². The lowest BCUT2D eigenvalue weighted by molar-refractivity contribution is 0.475.